The lowest BCUT2D eigenvalue weighted by Crippen LogP contribution is -2.11. The van der Waals surface area contributed by atoms with Crippen molar-refractivity contribution in [2.24, 2.45) is 0 Å². The third-order valence-electron chi connectivity index (χ3n) is 4.64. The summed E-state index contributed by atoms with van der Waals surface area (Å²) < 4.78 is 18.7. The first kappa shape index (κ1) is 21.1. The lowest BCUT2D eigenvalue weighted by atomic mass is 10.1. The zero-order valence-electron chi connectivity index (χ0n) is 16.7. The summed E-state index contributed by atoms with van der Waals surface area (Å²) in [6.07, 6.45) is 0. The smallest absolute Gasteiger partial charge is 0.269 e. The van der Waals surface area contributed by atoms with E-state index >= 15 is 0 Å². The van der Waals surface area contributed by atoms with E-state index in [1.807, 2.05) is 12.1 Å². The molecule has 3 aromatic carbocycles. The van der Waals surface area contributed by atoms with Crippen LogP contribution in [-0.4, -0.2) is 22.9 Å². The van der Waals surface area contributed by atoms with Crippen LogP contribution in [0, 0.1) is 15.9 Å². The van der Waals surface area contributed by atoms with Crippen LogP contribution >= 0.6 is 11.3 Å². The van der Waals surface area contributed by atoms with Gasteiger partial charge in [0, 0.05) is 23.3 Å². The highest BCUT2D eigenvalue weighted by Crippen LogP contribution is 2.40. The lowest BCUT2D eigenvalue weighted by Gasteiger charge is -2.04. The number of halogens is 1. The number of nitro groups is 1. The van der Waals surface area contributed by atoms with Crippen LogP contribution in [0.15, 0.2) is 72.8 Å². The molecule has 0 saturated heterocycles. The molecule has 4 rings (SSSR count). The fourth-order valence-corrected chi connectivity index (χ4v) is 4.04. The molecule has 0 saturated carbocycles. The van der Waals surface area contributed by atoms with E-state index in [2.05, 4.69) is 10.3 Å². The first-order valence-corrected chi connectivity index (χ1v) is 10.2. The van der Waals surface area contributed by atoms with Gasteiger partial charge in [0.15, 0.2) is 5.13 Å². The number of nitro benzene ring substituents is 1. The number of anilines is 1. The quantitative estimate of drug-likeness (QED) is 0.297. The van der Waals surface area contributed by atoms with Gasteiger partial charge in [0.25, 0.3) is 11.6 Å². The minimum Gasteiger partial charge on any atom is -0.497 e. The zero-order chi connectivity index (χ0) is 22.7. The molecule has 0 unspecified atom stereocenters. The Morgan fingerprint density at radius 1 is 1.06 bits per heavy atom. The molecule has 9 heteroatoms. The molecule has 0 aliphatic carbocycles. The molecule has 0 aliphatic rings. The first-order chi connectivity index (χ1) is 15.4. The highest BCUT2D eigenvalue weighted by Gasteiger charge is 2.18. The molecule has 1 amide bonds. The number of carbonyl (C=O) groups excluding carboxylic acids is 1. The molecule has 7 nitrogen and oxygen atoms in total. The number of methoxy groups -OCH3 is 1. The maximum absolute atomic E-state index is 13.5. The van der Waals surface area contributed by atoms with Crippen LogP contribution in [0.5, 0.6) is 5.75 Å². The number of rotatable bonds is 6. The molecule has 0 bridgehead atoms. The Morgan fingerprint density at radius 2 is 1.75 bits per heavy atom. The number of thiazole rings is 1. The Morgan fingerprint density at radius 3 is 2.38 bits per heavy atom. The average molecular weight is 449 g/mol. The number of amides is 1. The number of aromatic nitrogens is 1. The maximum Gasteiger partial charge on any atom is 0.269 e. The summed E-state index contributed by atoms with van der Waals surface area (Å²) in [6.45, 7) is 0. The summed E-state index contributed by atoms with van der Waals surface area (Å²) >= 11 is 1.25. The molecular weight excluding hydrogens is 433 g/mol. The Kier molecular flexibility index (Phi) is 5.91. The standard InChI is InChI=1S/C23H16FN3O4S/c1-31-19-11-7-15(8-12-19)21-20(14-5-9-18(10-6-14)27(29)30)25-23(32-21)26-22(28)16-3-2-4-17(24)13-16/h2-13H,1H3,(H,25,26,28). The minimum atomic E-state index is -0.512. The molecule has 4 aromatic rings. The van der Waals surface area contributed by atoms with E-state index < -0.39 is 16.6 Å². The topological polar surface area (TPSA) is 94.4 Å². The number of nitrogens with zero attached hydrogens (tertiary/aromatic N) is 2. The number of benzene rings is 3. The van der Waals surface area contributed by atoms with Crippen LogP contribution in [0.25, 0.3) is 21.7 Å². The van der Waals surface area contributed by atoms with Crippen molar-refractivity contribution in [1.29, 1.82) is 0 Å². The van der Waals surface area contributed by atoms with Gasteiger partial charge in [-0.3, -0.25) is 20.2 Å². The van der Waals surface area contributed by atoms with Gasteiger partial charge >= 0.3 is 0 Å². The van der Waals surface area contributed by atoms with E-state index in [1.165, 1.54) is 41.7 Å². The Hall–Kier alpha value is -4.11. The Bertz CT molecular complexity index is 1290. The van der Waals surface area contributed by atoms with Crippen molar-refractivity contribution in [3.05, 3.63) is 94.3 Å². The van der Waals surface area contributed by atoms with Gasteiger partial charge in [-0.15, -0.1) is 0 Å². The van der Waals surface area contributed by atoms with Crippen molar-refractivity contribution < 1.29 is 18.8 Å². The van der Waals surface area contributed by atoms with E-state index in [-0.39, 0.29) is 11.3 Å². The third-order valence-corrected chi connectivity index (χ3v) is 5.66. The predicted octanol–water partition coefficient (Wildman–Crippen LogP) is 5.79. The van der Waals surface area contributed by atoms with Crippen molar-refractivity contribution in [3.8, 4) is 27.4 Å². The van der Waals surface area contributed by atoms with E-state index in [0.717, 1.165) is 16.5 Å². The monoisotopic (exact) mass is 449 g/mol. The van der Waals surface area contributed by atoms with Gasteiger partial charge in [0.05, 0.1) is 22.6 Å². The summed E-state index contributed by atoms with van der Waals surface area (Å²) in [5.41, 5.74) is 2.19. The summed E-state index contributed by atoms with van der Waals surface area (Å²) in [5, 5.41) is 14.0. The van der Waals surface area contributed by atoms with Crippen molar-refractivity contribution >= 4 is 28.1 Å². The predicted molar refractivity (Wildman–Crippen MR) is 121 cm³/mol. The number of carbonyl (C=O) groups is 1. The molecule has 0 spiro atoms. The molecule has 160 valence electrons. The van der Waals surface area contributed by atoms with Gasteiger partial charge in [0.1, 0.15) is 11.6 Å². The Labute approximate surface area is 186 Å². The summed E-state index contributed by atoms with van der Waals surface area (Å²) in [6, 6.07) is 18.7. The molecule has 1 N–H and O–H groups in total. The van der Waals surface area contributed by atoms with E-state index in [1.54, 1.807) is 31.4 Å². The van der Waals surface area contributed by atoms with Gasteiger partial charge in [-0.1, -0.05) is 17.4 Å². The number of nitrogens with one attached hydrogen (secondary N) is 1. The van der Waals surface area contributed by atoms with Gasteiger partial charge in [-0.25, -0.2) is 9.37 Å². The average Bonchev–Trinajstić information content (AvgIpc) is 3.23. The van der Waals surface area contributed by atoms with E-state index in [0.29, 0.717) is 22.1 Å². The molecule has 0 radical (unpaired) electrons. The van der Waals surface area contributed by atoms with Crippen molar-refractivity contribution in [2.75, 3.05) is 12.4 Å². The normalized spacial score (nSPS) is 10.6. The molecule has 1 heterocycles. The van der Waals surface area contributed by atoms with Gasteiger partial charge < -0.3 is 4.74 Å². The lowest BCUT2D eigenvalue weighted by molar-refractivity contribution is -0.384. The summed E-state index contributed by atoms with van der Waals surface area (Å²) in [5.74, 6) is -0.313. The molecule has 0 fully saturated rings. The second-order valence-corrected chi connectivity index (χ2v) is 7.69. The maximum atomic E-state index is 13.5. The second-order valence-electron chi connectivity index (χ2n) is 6.69. The highest BCUT2D eigenvalue weighted by molar-refractivity contribution is 7.19. The SMILES string of the molecule is COc1ccc(-c2sc(NC(=O)c3cccc(F)c3)nc2-c2ccc([N+](=O)[O-])cc2)cc1. The molecule has 1 aromatic heterocycles. The molecule has 0 aliphatic heterocycles. The van der Waals surface area contributed by atoms with Crippen LogP contribution in [0.2, 0.25) is 0 Å². The van der Waals surface area contributed by atoms with Crippen molar-refractivity contribution in [2.45, 2.75) is 0 Å². The molecular formula is C23H16FN3O4S. The summed E-state index contributed by atoms with van der Waals surface area (Å²) in [7, 11) is 1.57. The second kappa shape index (κ2) is 8.94. The molecule has 32 heavy (non-hydrogen) atoms. The van der Waals surface area contributed by atoms with Gasteiger partial charge in [0.2, 0.25) is 0 Å². The van der Waals surface area contributed by atoms with E-state index in [9.17, 15) is 19.3 Å². The van der Waals surface area contributed by atoms with Crippen LogP contribution in [0.4, 0.5) is 15.2 Å². The number of non-ortho nitro benzene ring substituents is 1. The summed E-state index contributed by atoms with van der Waals surface area (Å²) in [4.78, 5) is 28.4. The largest absolute Gasteiger partial charge is 0.497 e. The minimum absolute atomic E-state index is 0.0328. The third kappa shape index (κ3) is 4.47. The zero-order valence-corrected chi connectivity index (χ0v) is 17.6. The van der Waals surface area contributed by atoms with Crippen LogP contribution in [-0.2, 0) is 0 Å². The van der Waals surface area contributed by atoms with Crippen LogP contribution < -0.4 is 10.1 Å². The number of hydrogen-bond donors (Lipinski definition) is 1. The Balaban J connectivity index is 1.73. The van der Waals surface area contributed by atoms with E-state index in [4.69, 9.17) is 4.74 Å². The van der Waals surface area contributed by atoms with Gasteiger partial charge in [-0.2, -0.15) is 0 Å². The fraction of sp³-hybridized carbons (Fsp3) is 0.0435. The van der Waals surface area contributed by atoms with Crippen molar-refractivity contribution in [3.63, 3.8) is 0 Å². The van der Waals surface area contributed by atoms with Crippen molar-refractivity contribution in [1.82, 2.24) is 4.98 Å². The first-order valence-electron chi connectivity index (χ1n) is 9.41. The highest BCUT2D eigenvalue weighted by atomic mass is 32.1. The fourth-order valence-electron chi connectivity index (χ4n) is 3.05. The van der Waals surface area contributed by atoms with Crippen LogP contribution in [0.1, 0.15) is 10.4 Å². The van der Waals surface area contributed by atoms with Crippen LogP contribution in [0.3, 0.4) is 0 Å². The number of hydrogen-bond acceptors (Lipinski definition) is 6. The van der Waals surface area contributed by atoms with Gasteiger partial charge in [-0.05, 0) is 60.2 Å². The number of ether oxygens (including phenoxy) is 1. The molecule has 0 atom stereocenters.